The lowest BCUT2D eigenvalue weighted by atomic mass is 10.1. The van der Waals surface area contributed by atoms with Gasteiger partial charge >= 0.3 is 0 Å². The van der Waals surface area contributed by atoms with Gasteiger partial charge in [0.05, 0.1) is 6.10 Å². The van der Waals surface area contributed by atoms with Crippen molar-refractivity contribution in [3.8, 4) is 0 Å². The van der Waals surface area contributed by atoms with Gasteiger partial charge in [-0.1, -0.05) is 0 Å². The summed E-state index contributed by atoms with van der Waals surface area (Å²) in [7, 11) is 0. The molecule has 0 aliphatic heterocycles. The maximum absolute atomic E-state index is 9.22. The van der Waals surface area contributed by atoms with Crippen LogP contribution in [0.15, 0.2) is 18.5 Å². The molecule has 0 saturated carbocycles. The lowest BCUT2D eigenvalue weighted by Crippen LogP contribution is -2.13. The predicted molar refractivity (Wildman–Crippen MR) is 49.1 cm³/mol. The summed E-state index contributed by atoms with van der Waals surface area (Å²) in [5, 5.41) is 9.22. The molecule has 3 N–H and O–H groups in total. The minimum absolute atomic E-state index is 0.217. The van der Waals surface area contributed by atoms with Gasteiger partial charge in [-0.2, -0.15) is 0 Å². The Labute approximate surface area is 76.2 Å². The summed E-state index contributed by atoms with van der Waals surface area (Å²) in [5.74, 6) is 0.217. The Bertz CT molecular complexity index is 255. The molecule has 0 aliphatic carbocycles. The molecule has 1 heterocycles. The number of nitrogens with two attached hydrogens (primary N) is 1. The van der Waals surface area contributed by atoms with Gasteiger partial charge in [0.15, 0.2) is 0 Å². The molecule has 1 aromatic heterocycles. The van der Waals surface area contributed by atoms with E-state index in [1.54, 1.807) is 18.5 Å². The summed E-state index contributed by atoms with van der Waals surface area (Å²) in [4.78, 5) is 3.90. The highest BCUT2D eigenvalue weighted by molar-refractivity contribution is 6.18. The van der Waals surface area contributed by atoms with Crippen molar-refractivity contribution in [1.29, 1.82) is 0 Å². The van der Waals surface area contributed by atoms with Crippen molar-refractivity contribution >= 4 is 17.3 Å². The number of alkyl halides is 1. The number of pyridine rings is 1. The van der Waals surface area contributed by atoms with E-state index >= 15 is 0 Å². The van der Waals surface area contributed by atoms with E-state index in [9.17, 15) is 5.11 Å². The largest absolute Gasteiger partial charge is 0.398 e. The van der Waals surface area contributed by atoms with Gasteiger partial charge in [0.25, 0.3) is 0 Å². The molecule has 0 spiro atoms. The van der Waals surface area contributed by atoms with Crippen molar-refractivity contribution in [1.82, 2.24) is 4.98 Å². The van der Waals surface area contributed by atoms with Crippen LogP contribution in [0.4, 0.5) is 5.69 Å². The maximum atomic E-state index is 9.22. The molecule has 66 valence electrons. The van der Waals surface area contributed by atoms with E-state index < -0.39 is 6.10 Å². The maximum Gasteiger partial charge on any atom is 0.0717 e. The Kier molecular flexibility index (Phi) is 3.31. The normalized spacial score (nSPS) is 12.8. The summed E-state index contributed by atoms with van der Waals surface area (Å²) >= 11 is 5.44. The highest BCUT2D eigenvalue weighted by Crippen LogP contribution is 2.11. The number of aliphatic hydroxyl groups is 1. The van der Waals surface area contributed by atoms with Crippen LogP contribution in [0.1, 0.15) is 5.56 Å². The van der Waals surface area contributed by atoms with Crippen LogP contribution < -0.4 is 5.73 Å². The number of hydrogen-bond acceptors (Lipinski definition) is 3. The van der Waals surface area contributed by atoms with Gasteiger partial charge in [-0.3, -0.25) is 4.98 Å². The first-order valence-corrected chi connectivity index (χ1v) is 4.20. The SMILES string of the molecule is Nc1ccncc1CC(O)CCl. The molecule has 1 atom stereocenters. The summed E-state index contributed by atoms with van der Waals surface area (Å²) in [6, 6.07) is 1.70. The third-order valence-electron chi connectivity index (χ3n) is 1.57. The number of nitrogen functional groups attached to an aromatic ring is 1. The molecule has 0 fully saturated rings. The van der Waals surface area contributed by atoms with Gasteiger partial charge in [0.1, 0.15) is 0 Å². The Morgan fingerprint density at radius 1 is 1.67 bits per heavy atom. The smallest absolute Gasteiger partial charge is 0.0717 e. The highest BCUT2D eigenvalue weighted by Gasteiger charge is 2.05. The van der Waals surface area contributed by atoms with Crippen molar-refractivity contribution in [3.63, 3.8) is 0 Å². The molecule has 1 unspecified atom stereocenters. The summed E-state index contributed by atoms with van der Waals surface area (Å²) in [5.41, 5.74) is 7.12. The molecule has 12 heavy (non-hydrogen) atoms. The van der Waals surface area contributed by atoms with Crippen molar-refractivity contribution < 1.29 is 5.11 Å². The molecule has 0 radical (unpaired) electrons. The van der Waals surface area contributed by atoms with Gasteiger partial charge in [-0.15, -0.1) is 11.6 Å². The first kappa shape index (κ1) is 9.29. The van der Waals surface area contributed by atoms with Gasteiger partial charge in [-0.05, 0) is 11.6 Å². The van der Waals surface area contributed by atoms with Crippen LogP contribution >= 0.6 is 11.6 Å². The van der Waals surface area contributed by atoms with Crippen molar-refractivity contribution in [2.24, 2.45) is 0 Å². The van der Waals surface area contributed by atoms with Crippen LogP contribution in [0.2, 0.25) is 0 Å². The second kappa shape index (κ2) is 4.28. The Hall–Kier alpha value is -0.800. The third kappa shape index (κ3) is 2.36. The minimum Gasteiger partial charge on any atom is -0.398 e. The molecular formula is C8H11ClN2O. The number of nitrogens with zero attached hydrogens (tertiary/aromatic N) is 1. The highest BCUT2D eigenvalue weighted by atomic mass is 35.5. The zero-order valence-electron chi connectivity index (χ0n) is 6.57. The van der Waals surface area contributed by atoms with Crippen LogP contribution in [0.3, 0.4) is 0 Å². The lowest BCUT2D eigenvalue weighted by molar-refractivity contribution is 0.199. The fourth-order valence-corrected chi connectivity index (χ4v) is 1.03. The fourth-order valence-electron chi connectivity index (χ4n) is 0.917. The Morgan fingerprint density at radius 3 is 3.00 bits per heavy atom. The van der Waals surface area contributed by atoms with Gasteiger partial charge in [0, 0.05) is 30.4 Å². The fraction of sp³-hybridized carbons (Fsp3) is 0.375. The number of halogens is 1. The van der Waals surface area contributed by atoms with E-state index in [4.69, 9.17) is 17.3 Å². The summed E-state index contributed by atoms with van der Waals surface area (Å²) < 4.78 is 0. The number of hydrogen-bond donors (Lipinski definition) is 2. The Balaban J connectivity index is 2.69. The number of aliphatic hydroxyl groups excluding tert-OH is 1. The summed E-state index contributed by atoms with van der Waals surface area (Å²) in [6.45, 7) is 0. The Morgan fingerprint density at radius 2 is 2.42 bits per heavy atom. The van der Waals surface area contributed by atoms with E-state index in [1.807, 2.05) is 0 Å². The van der Waals surface area contributed by atoms with Crippen LogP contribution in [0.25, 0.3) is 0 Å². The van der Waals surface area contributed by atoms with E-state index in [-0.39, 0.29) is 5.88 Å². The third-order valence-corrected chi connectivity index (χ3v) is 1.93. The van der Waals surface area contributed by atoms with Crippen LogP contribution in [0.5, 0.6) is 0 Å². The van der Waals surface area contributed by atoms with Crippen LogP contribution in [0, 0.1) is 0 Å². The van der Waals surface area contributed by atoms with Gasteiger partial charge in [-0.25, -0.2) is 0 Å². The quantitative estimate of drug-likeness (QED) is 0.687. The molecular weight excluding hydrogens is 176 g/mol. The topological polar surface area (TPSA) is 59.1 Å². The van der Waals surface area contributed by atoms with Crippen molar-refractivity contribution in [2.75, 3.05) is 11.6 Å². The molecule has 0 saturated heterocycles. The molecule has 0 bridgehead atoms. The monoisotopic (exact) mass is 186 g/mol. The molecule has 0 amide bonds. The standard InChI is InChI=1S/C8H11ClN2O/c9-4-7(12)3-6-5-11-2-1-8(6)10/h1-2,5,7,12H,3-4H2,(H2,10,11). The van der Waals surface area contributed by atoms with Crippen LogP contribution in [-0.4, -0.2) is 22.1 Å². The van der Waals surface area contributed by atoms with Crippen molar-refractivity contribution in [3.05, 3.63) is 24.0 Å². The molecule has 3 nitrogen and oxygen atoms in total. The molecule has 4 heteroatoms. The van der Waals surface area contributed by atoms with E-state index in [1.165, 1.54) is 0 Å². The van der Waals surface area contributed by atoms with Gasteiger partial charge in [0.2, 0.25) is 0 Å². The number of rotatable bonds is 3. The molecule has 0 aliphatic rings. The average molecular weight is 187 g/mol. The first-order valence-electron chi connectivity index (χ1n) is 3.66. The van der Waals surface area contributed by atoms with E-state index in [2.05, 4.69) is 4.98 Å². The van der Waals surface area contributed by atoms with Crippen molar-refractivity contribution in [2.45, 2.75) is 12.5 Å². The van der Waals surface area contributed by atoms with E-state index in [0.29, 0.717) is 12.1 Å². The number of aromatic nitrogens is 1. The summed E-state index contributed by atoms with van der Waals surface area (Å²) in [6.07, 6.45) is 3.18. The second-order valence-corrected chi connectivity index (χ2v) is 2.90. The molecule has 1 aromatic rings. The van der Waals surface area contributed by atoms with E-state index in [0.717, 1.165) is 5.56 Å². The molecule has 0 aromatic carbocycles. The predicted octanol–water partition coefficient (Wildman–Crippen LogP) is 0.806. The second-order valence-electron chi connectivity index (χ2n) is 2.59. The number of anilines is 1. The lowest BCUT2D eigenvalue weighted by Gasteiger charge is -2.07. The zero-order chi connectivity index (χ0) is 8.97. The van der Waals surface area contributed by atoms with Crippen LogP contribution in [-0.2, 0) is 6.42 Å². The first-order chi connectivity index (χ1) is 5.74. The molecule has 1 rings (SSSR count). The van der Waals surface area contributed by atoms with Gasteiger partial charge < -0.3 is 10.8 Å². The minimum atomic E-state index is -0.543. The zero-order valence-corrected chi connectivity index (χ0v) is 7.33. The average Bonchev–Trinajstić information content (AvgIpc) is 2.09.